The van der Waals surface area contributed by atoms with Gasteiger partial charge in [0.2, 0.25) is 0 Å². The van der Waals surface area contributed by atoms with Crippen molar-refractivity contribution in [2.24, 2.45) is 0 Å². The molecule has 2 aliphatic carbocycles. The second kappa shape index (κ2) is 25.8. The molecule has 11 heteroatoms. The van der Waals surface area contributed by atoms with E-state index in [0.29, 0.717) is 24.0 Å². The van der Waals surface area contributed by atoms with Crippen molar-refractivity contribution in [2.45, 2.75) is 35.5 Å². The van der Waals surface area contributed by atoms with Gasteiger partial charge in [-0.3, -0.25) is 21.7 Å². The molecule has 4 nitrogen and oxygen atoms in total. The van der Waals surface area contributed by atoms with Crippen molar-refractivity contribution in [3.63, 3.8) is 0 Å². The van der Waals surface area contributed by atoms with E-state index in [1.54, 1.807) is 0 Å². The number of halogens is 4. The number of rotatable bonds is 8. The maximum absolute atomic E-state index is 13.3. The van der Waals surface area contributed by atoms with Gasteiger partial charge in [0, 0.05) is 46.1 Å². The van der Waals surface area contributed by atoms with Gasteiger partial charge in [-0.05, 0) is 47.8 Å². The number of hydrogen-bond donors (Lipinski definition) is 2. The molecule has 2 N–H and O–H groups in total. The zero-order chi connectivity index (χ0) is 35.8. The second-order valence-corrected chi connectivity index (χ2v) is 12.1. The second-order valence-electron chi connectivity index (χ2n) is 10.1. The Kier molecular flexibility index (Phi) is 21.8. The molecule has 0 radical (unpaired) electrons. The smallest absolute Gasteiger partial charge is 0.347 e. The summed E-state index contributed by atoms with van der Waals surface area (Å²) in [7, 11) is 0. The van der Waals surface area contributed by atoms with Gasteiger partial charge in [-0.25, -0.2) is 41.9 Å². The van der Waals surface area contributed by atoms with Crippen molar-refractivity contribution in [1.82, 2.24) is 10.6 Å². The number of hydrogen-bond acceptors (Lipinski definition) is 4. The van der Waals surface area contributed by atoms with Crippen molar-refractivity contribution in [3.05, 3.63) is 180 Å². The maximum Gasteiger partial charge on any atom is 4.00 e. The van der Waals surface area contributed by atoms with Gasteiger partial charge in [-0.2, -0.15) is 24.3 Å². The molecule has 2 aliphatic rings. The Balaban J connectivity index is 0.000000273. The number of allylic oxidation sites excluding steroid dienone is 8. The topological polar surface area (TPSA) is 58.2 Å². The molecule has 260 valence electrons. The van der Waals surface area contributed by atoms with E-state index in [0.717, 1.165) is 58.3 Å². The Labute approximate surface area is 320 Å². The predicted molar refractivity (Wildman–Crippen MR) is 192 cm³/mol. The molecule has 4 aromatic carbocycles. The zero-order valence-corrected chi connectivity index (χ0v) is 30.6. The fraction of sp³-hybridized carbons (Fsp3) is 0.150. The Hall–Kier alpha value is -4.09. The van der Waals surface area contributed by atoms with Crippen LogP contribution >= 0.6 is 23.5 Å². The first kappa shape index (κ1) is 43.1. The van der Waals surface area contributed by atoms with Crippen LogP contribution < -0.4 is 10.6 Å². The summed E-state index contributed by atoms with van der Waals surface area (Å²) < 4.78 is 52.0. The quantitative estimate of drug-likeness (QED) is 0.0813. The van der Waals surface area contributed by atoms with Crippen LogP contribution in [-0.4, -0.2) is 23.6 Å². The van der Waals surface area contributed by atoms with Crippen LogP contribution in [0, 0.1) is 47.6 Å². The van der Waals surface area contributed by atoms with E-state index in [-0.39, 0.29) is 45.3 Å². The first-order valence-corrected chi connectivity index (χ1v) is 17.1. The standard InChI is InChI=1S/2C15H12F2NOS.2C5H5.Ti/c2*16-12-7-6-11(14(17)10-12)8-9-18-15(19)20-13-4-2-1-3-5-13;2*1-2-4-5-3-1;/h2*1-7H,8-9H2,(H,18,19);2*1-3H,4H2;/q4*-1;+4. The molecule has 0 spiro atoms. The van der Waals surface area contributed by atoms with Gasteiger partial charge in [0.05, 0.1) is 0 Å². The number of carbonyl (C=O) groups excluding carboxylic acids is 2. The molecule has 0 atom stereocenters. The fourth-order valence-corrected chi connectivity index (χ4v) is 5.24. The van der Waals surface area contributed by atoms with Gasteiger partial charge in [-0.1, -0.05) is 49.2 Å². The van der Waals surface area contributed by atoms with E-state index in [2.05, 4.69) is 34.9 Å². The van der Waals surface area contributed by atoms with Crippen LogP contribution in [0.3, 0.4) is 0 Å². The van der Waals surface area contributed by atoms with Crippen LogP contribution in [0.4, 0.5) is 27.2 Å². The third-order valence-corrected chi connectivity index (χ3v) is 7.97. The zero-order valence-electron chi connectivity index (χ0n) is 27.4. The first-order chi connectivity index (χ1) is 24.3. The van der Waals surface area contributed by atoms with Crippen LogP contribution in [0.2, 0.25) is 0 Å². The normalized spacial score (nSPS) is 11.5. The van der Waals surface area contributed by atoms with Gasteiger partial charge in [-0.15, -0.1) is 48.2 Å². The SMILES string of the molecule is O=C(NCCc1ccc(F)[c-]c1F)Sc1ccccc1.O=C(NCCc1ccc(F)[c-]c1F)Sc1ccccc1.[C-]1=CC=CC1.[C-]1=CC=CC1.[Ti+4]. The van der Waals surface area contributed by atoms with Gasteiger partial charge in [0.1, 0.15) is 0 Å². The van der Waals surface area contributed by atoms with Gasteiger partial charge < -0.3 is 10.6 Å². The minimum absolute atomic E-state index is 0. The monoisotopic (exact) mass is 762 g/mol. The Morgan fingerprint density at radius 2 is 0.980 bits per heavy atom. The summed E-state index contributed by atoms with van der Waals surface area (Å²) in [4.78, 5) is 24.9. The third kappa shape index (κ3) is 19.2. The first-order valence-electron chi connectivity index (χ1n) is 15.5. The summed E-state index contributed by atoms with van der Waals surface area (Å²) in [6.45, 7) is 0.574. The van der Waals surface area contributed by atoms with Crippen molar-refractivity contribution in [1.29, 1.82) is 0 Å². The molecule has 2 amide bonds. The number of thioether (sulfide) groups is 2. The van der Waals surface area contributed by atoms with Crippen LogP contribution in [0.1, 0.15) is 24.0 Å². The molecule has 0 saturated carbocycles. The van der Waals surface area contributed by atoms with Gasteiger partial charge >= 0.3 is 21.7 Å². The van der Waals surface area contributed by atoms with E-state index in [4.69, 9.17) is 0 Å². The summed E-state index contributed by atoms with van der Waals surface area (Å²) in [5.41, 5.74) is 0.660. The molecule has 0 unspecified atom stereocenters. The van der Waals surface area contributed by atoms with E-state index in [9.17, 15) is 27.2 Å². The number of benzene rings is 4. The summed E-state index contributed by atoms with van der Waals surface area (Å²) in [6.07, 6.45) is 20.6. The Morgan fingerprint density at radius 1 is 0.588 bits per heavy atom. The van der Waals surface area contributed by atoms with Crippen molar-refractivity contribution >= 4 is 34.0 Å². The fourth-order valence-electron chi connectivity index (χ4n) is 3.88. The molecule has 0 heterocycles. The summed E-state index contributed by atoms with van der Waals surface area (Å²) in [5.74, 6) is -2.88. The van der Waals surface area contributed by atoms with Crippen molar-refractivity contribution < 1.29 is 48.9 Å². The Morgan fingerprint density at radius 3 is 1.27 bits per heavy atom. The molecule has 0 aliphatic heterocycles. The van der Waals surface area contributed by atoms with Crippen LogP contribution in [-0.2, 0) is 34.6 Å². The van der Waals surface area contributed by atoms with E-state index >= 15 is 0 Å². The van der Waals surface area contributed by atoms with Crippen LogP contribution in [0.15, 0.2) is 131 Å². The molecule has 0 fully saturated rings. The molecule has 0 saturated heterocycles. The number of carbonyl (C=O) groups is 2. The predicted octanol–water partition coefficient (Wildman–Crippen LogP) is 10.2. The number of nitrogens with one attached hydrogen (secondary N) is 2. The molecule has 0 aromatic heterocycles. The maximum atomic E-state index is 13.3. The van der Waals surface area contributed by atoms with Crippen molar-refractivity contribution in [3.8, 4) is 0 Å². The molecule has 51 heavy (non-hydrogen) atoms. The Bertz CT molecular complexity index is 1610. The molecule has 6 rings (SSSR count). The molecule has 4 aromatic rings. The minimum atomic E-state index is -0.727. The van der Waals surface area contributed by atoms with Gasteiger partial charge in [0.25, 0.3) is 10.5 Å². The minimum Gasteiger partial charge on any atom is -0.347 e. The van der Waals surface area contributed by atoms with Crippen LogP contribution in [0.5, 0.6) is 0 Å². The molecular formula is C40H34F4N2O2S2Ti. The summed E-state index contributed by atoms with van der Waals surface area (Å²) >= 11 is 2.15. The van der Waals surface area contributed by atoms with Crippen LogP contribution in [0.25, 0.3) is 0 Å². The largest absolute Gasteiger partial charge is 4.00 e. The summed E-state index contributed by atoms with van der Waals surface area (Å²) in [5, 5.41) is 4.93. The average Bonchev–Trinajstić information content (AvgIpc) is 3.89. The van der Waals surface area contributed by atoms with Crippen molar-refractivity contribution in [2.75, 3.05) is 13.1 Å². The third-order valence-electron chi connectivity index (χ3n) is 6.29. The van der Waals surface area contributed by atoms with E-state index in [1.165, 1.54) is 12.1 Å². The number of amides is 2. The molecule has 0 bridgehead atoms. The van der Waals surface area contributed by atoms with E-state index in [1.807, 2.05) is 97.1 Å². The molecular weight excluding hydrogens is 728 g/mol. The van der Waals surface area contributed by atoms with Gasteiger partial charge in [0.15, 0.2) is 0 Å². The van der Waals surface area contributed by atoms with E-state index < -0.39 is 23.3 Å². The average molecular weight is 763 g/mol. The summed E-state index contributed by atoms with van der Waals surface area (Å²) in [6, 6.07) is 27.4.